The molecule has 4 nitrogen and oxygen atoms in total. The summed E-state index contributed by atoms with van der Waals surface area (Å²) in [5.74, 6) is -0.191. The Kier molecular flexibility index (Phi) is 2.46. The molecule has 1 fully saturated rings. The first-order valence-electron chi connectivity index (χ1n) is 3.85. The van der Waals surface area contributed by atoms with Crippen LogP contribution in [0.4, 0.5) is 4.79 Å². The second kappa shape index (κ2) is 3.37. The number of hydrogen-bond acceptors (Lipinski definition) is 2. The van der Waals surface area contributed by atoms with Crippen molar-refractivity contribution in [1.29, 1.82) is 0 Å². The molecule has 0 unspecified atom stereocenters. The van der Waals surface area contributed by atoms with Gasteiger partial charge in [-0.15, -0.1) is 0 Å². The van der Waals surface area contributed by atoms with Crippen LogP contribution in [0, 0.1) is 0 Å². The van der Waals surface area contributed by atoms with Crippen molar-refractivity contribution in [2.45, 2.75) is 32.2 Å². The first-order chi connectivity index (χ1) is 5.24. The van der Waals surface area contributed by atoms with E-state index >= 15 is 0 Å². The van der Waals surface area contributed by atoms with Crippen molar-refractivity contribution in [2.75, 3.05) is 0 Å². The van der Waals surface area contributed by atoms with Crippen molar-refractivity contribution in [3.8, 4) is 0 Å². The number of carbonyl (C=O) groups is 2. The van der Waals surface area contributed by atoms with Gasteiger partial charge in [0, 0.05) is 0 Å². The zero-order valence-corrected chi connectivity index (χ0v) is 6.52. The van der Waals surface area contributed by atoms with E-state index in [1.165, 1.54) is 0 Å². The van der Waals surface area contributed by atoms with Crippen LogP contribution in [0.25, 0.3) is 0 Å². The second-order valence-corrected chi connectivity index (χ2v) is 2.66. The topological polar surface area (TPSA) is 58.2 Å². The molecule has 1 heterocycles. The molecule has 1 rings (SSSR count). The van der Waals surface area contributed by atoms with E-state index in [-0.39, 0.29) is 18.0 Å². The van der Waals surface area contributed by atoms with Crippen molar-refractivity contribution in [3.63, 3.8) is 0 Å². The van der Waals surface area contributed by atoms with Crippen molar-refractivity contribution < 1.29 is 9.59 Å². The molecular weight excluding hydrogens is 144 g/mol. The third-order valence-corrected chi connectivity index (χ3v) is 1.70. The highest BCUT2D eigenvalue weighted by atomic mass is 16.2. The molecule has 1 saturated heterocycles. The molecule has 1 aliphatic rings. The number of amides is 3. The highest BCUT2D eigenvalue weighted by Gasteiger charge is 2.28. The molecule has 0 bridgehead atoms. The lowest BCUT2D eigenvalue weighted by Crippen LogP contribution is -2.28. The highest BCUT2D eigenvalue weighted by Crippen LogP contribution is 2.03. The summed E-state index contributed by atoms with van der Waals surface area (Å²) in [5.41, 5.74) is 0. The molecule has 4 heteroatoms. The van der Waals surface area contributed by atoms with Crippen LogP contribution in [0.1, 0.15) is 26.2 Å². The fourth-order valence-corrected chi connectivity index (χ4v) is 1.07. The van der Waals surface area contributed by atoms with Crippen LogP contribution in [0.3, 0.4) is 0 Å². The molecule has 1 atom stereocenters. The van der Waals surface area contributed by atoms with E-state index in [4.69, 9.17) is 0 Å². The Bertz CT molecular complexity index is 179. The van der Waals surface area contributed by atoms with Crippen LogP contribution in [0.5, 0.6) is 0 Å². The van der Waals surface area contributed by atoms with E-state index in [2.05, 4.69) is 17.6 Å². The van der Waals surface area contributed by atoms with Crippen molar-refractivity contribution >= 4 is 11.9 Å². The summed E-state index contributed by atoms with van der Waals surface area (Å²) in [6.45, 7) is 2.05. The van der Waals surface area contributed by atoms with Gasteiger partial charge in [-0.3, -0.25) is 10.1 Å². The fraction of sp³-hybridized carbons (Fsp3) is 0.714. The first kappa shape index (κ1) is 8.04. The van der Waals surface area contributed by atoms with E-state index in [1.807, 2.05) is 0 Å². The molecule has 0 aromatic carbocycles. The minimum atomic E-state index is -0.365. The monoisotopic (exact) mass is 156 g/mol. The van der Waals surface area contributed by atoms with E-state index in [0.717, 1.165) is 19.3 Å². The Morgan fingerprint density at radius 3 is 2.64 bits per heavy atom. The number of carbonyl (C=O) groups excluding carboxylic acids is 2. The molecular formula is C7H12N2O2. The van der Waals surface area contributed by atoms with Crippen molar-refractivity contribution in [3.05, 3.63) is 0 Å². The molecule has 0 aliphatic carbocycles. The lowest BCUT2D eigenvalue weighted by molar-refractivity contribution is -0.120. The molecule has 0 aromatic heterocycles. The number of unbranched alkanes of at least 4 members (excludes halogenated alkanes) is 1. The van der Waals surface area contributed by atoms with E-state index in [9.17, 15) is 9.59 Å². The minimum absolute atomic E-state index is 0.191. The normalized spacial score (nSPS) is 23.2. The number of hydrogen-bond donors (Lipinski definition) is 2. The van der Waals surface area contributed by atoms with Crippen LogP contribution in [-0.2, 0) is 4.79 Å². The molecule has 0 spiro atoms. The summed E-state index contributed by atoms with van der Waals surface area (Å²) < 4.78 is 0. The van der Waals surface area contributed by atoms with Gasteiger partial charge in [-0.05, 0) is 6.42 Å². The van der Waals surface area contributed by atoms with Gasteiger partial charge >= 0.3 is 6.03 Å². The predicted octanol–water partition coefficient (Wildman–Crippen LogP) is 0.385. The van der Waals surface area contributed by atoms with Gasteiger partial charge in [0.2, 0.25) is 0 Å². The van der Waals surface area contributed by atoms with Gasteiger partial charge in [-0.25, -0.2) is 4.79 Å². The summed E-state index contributed by atoms with van der Waals surface area (Å²) >= 11 is 0. The van der Waals surface area contributed by atoms with E-state index < -0.39 is 0 Å². The second-order valence-electron chi connectivity index (χ2n) is 2.66. The Morgan fingerprint density at radius 1 is 1.45 bits per heavy atom. The highest BCUT2D eigenvalue weighted by molar-refractivity contribution is 6.04. The number of urea groups is 1. The van der Waals surface area contributed by atoms with Gasteiger partial charge in [-0.2, -0.15) is 0 Å². The molecule has 11 heavy (non-hydrogen) atoms. The van der Waals surface area contributed by atoms with Gasteiger partial charge < -0.3 is 5.32 Å². The molecule has 2 N–H and O–H groups in total. The zero-order chi connectivity index (χ0) is 8.27. The first-order valence-corrected chi connectivity index (χ1v) is 3.85. The largest absolute Gasteiger partial charge is 0.326 e. The SMILES string of the molecule is CCCC[C@@H]1NC(=O)NC1=O. The van der Waals surface area contributed by atoms with Crippen molar-refractivity contribution in [2.24, 2.45) is 0 Å². The summed E-state index contributed by atoms with van der Waals surface area (Å²) in [6, 6.07) is -0.654. The summed E-state index contributed by atoms with van der Waals surface area (Å²) in [6.07, 6.45) is 2.76. The van der Waals surface area contributed by atoms with Crippen LogP contribution in [0.2, 0.25) is 0 Å². The number of rotatable bonds is 3. The minimum Gasteiger partial charge on any atom is -0.326 e. The maximum absolute atomic E-state index is 10.9. The smallest absolute Gasteiger partial charge is 0.322 e. The average Bonchev–Trinajstić information content (AvgIpc) is 2.26. The van der Waals surface area contributed by atoms with Crippen molar-refractivity contribution in [1.82, 2.24) is 10.6 Å². The van der Waals surface area contributed by atoms with Gasteiger partial charge in [-0.1, -0.05) is 19.8 Å². The number of nitrogens with one attached hydrogen (secondary N) is 2. The molecule has 1 aliphatic heterocycles. The Balaban J connectivity index is 2.34. The van der Waals surface area contributed by atoms with Crippen LogP contribution in [0.15, 0.2) is 0 Å². The Hall–Kier alpha value is -1.06. The van der Waals surface area contributed by atoms with Crippen LogP contribution in [-0.4, -0.2) is 18.0 Å². The lowest BCUT2D eigenvalue weighted by Gasteiger charge is -2.03. The number of imide groups is 1. The predicted molar refractivity (Wildman–Crippen MR) is 40.0 cm³/mol. The molecule has 3 amide bonds. The molecule has 62 valence electrons. The molecule has 0 radical (unpaired) electrons. The van der Waals surface area contributed by atoms with Gasteiger partial charge in [0.25, 0.3) is 5.91 Å². The average molecular weight is 156 g/mol. The van der Waals surface area contributed by atoms with Crippen LogP contribution < -0.4 is 10.6 Å². The zero-order valence-electron chi connectivity index (χ0n) is 6.52. The third kappa shape index (κ3) is 1.93. The summed E-state index contributed by atoms with van der Waals surface area (Å²) in [7, 11) is 0. The fourth-order valence-electron chi connectivity index (χ4n) is 1.07. The van der Waals surface area contributed by atoms with Gasteiger partial charge in [0.15, 0.2) is 0 Å². The van der Waals surface area contributed by atoms with Gasteiger partial charge in [0.1, 0.15) is 6.04 Å². The Labute approximate surface area is 65.3 Å². The molecule has 0 saturated carbocycles. The maximum atomic E-state index is 10.9. The van der Waals surface area contributed by atoms with E-state index in [1.54, 1.807) is 0 Å². The third-order valence-electron chi connectivity index (χ3n) is 1.70. The summed E-state index contributed by atoms with van der Waals surface area (Å²) in [4.78, 5) is 21.5. The van der Waals surface area contributed by atoms with E-state index in [0.29, 0.717) is 0 Å². The standard InChI is InChI=1S/C7H12N2O2/c1-2-3-4-5-6(10)9-7(11)8-5/h5H,2-4H2,1H3,(H2,8,9,10,11)/t5-/m0/s1. The Morgan fingerprint density at radius 2 is 2.18 bits per heavy atom. The van der Waals surface area contributed by atoms with Gasteiger partial charge in [0.05, 0.1) is 0 Å². The summed E-state index contributed by atoms with van der Waals surface area (Å²) in [5, 5.41) is 4.73. The molecule has 0 aromatic rings. The lowest BCUT2D eigenvalue weighted by atomic mass is 10.1. The quantitative estimate of drug-likeness (QED) is 0.580. The maximum Gasteiger partial charge on any atom is 0.322 e. The van der Waals surface area contributed by atoms with Crippen LogP contribution >= 0.6 is 0 Å².